The van der Waals surface area contributed by atoms with Gasteiger partial charge in [-0.3, -0.25) is 0 Å². The van der Waals surface area contributed by atoms with Crippen molar-refractivity contribution in [3.8, 4) is 11.4 Å². The van der Waals surface area contributed by atoms with Crippen molar-refractivity contribution >= 4 is 27.9 Å². The lowest BCUT2D eigenvalue weighted by atomic mass is 10.1. The maximum Gasteiger partial charge on any atom is 0.196 e. The van der Waals surface area contributed by atoms with E-state index >= 15 is 0 Å². The second kappa shape index (κ2) is 5.88. The first kappa shape index (κ1) is 14.5. The SMILES string of the molecule is c1ccc(-c2nc(N3CCCCC3)c3oc4ccccc4c3n2)cc1. The summed E-state index contributed by atoms with van der Waals surface area (Å²) in [5, 5.41) is 1.05. The van der Waals surface area contributed by atoms with Gasteiger partial charge in [0.1, 0.15) is 11.1 Å². The monoisotopic (exact) mass is 329 g/mol. The number of para-hydroxylation sites is 1. The molecule has 0 atom stereocenters. The van der Waals surface area contributed by atoms with Crippen LogP contribution in [0.1, 0.15) is 19.3 Å². The van der Waals surface area contributed by atoms with Gasteiger partial charge in [0.15, 0.2) is 17.2 Å². The Morgan fingerprint density at radius 2 is 1.56 bits per heavy atom. The van der Waals surface area contributed by atoms with E-state index in [1.165, 1.54) is 19.3 Å². The molecule has 3 heterocycles. The summed E-state index contributed by atoms with van der Waals surface area (Å²) in [6.45, 7) is 2.05. The second-order valence-corrected chi connectivity index (χ2v) is 6.56. The van der Waals surface area contributed by atoms with Crippen molar-refractivity contribution in [3.05, 3.63) is 54.6 Å². The Bertz CT molecular complexity index is 1030. The molecule has 124 valence electrons. The summed E-state index contributed by atoms with van der Waals surface area (Å²) in [4.78, 5) is 12.1. The van der Waals surface area contributed by atoms with E-state index in [2.05, 4.69) is 23.1 Å². The summed E-state index contributed by atoms with van der Waals surface area (Å²) in [6.07, 6.45) is 3.69. The Morgan fingerprint density at radius 1 is 0.800 bits per heavy atom. The molecule has 1 saturated heterocycles. The van der Waals surface area contributed by atoms with E-state index in [0.29, 0.717) is 0 Å². The molecular weight excluding hydrogens is 310 g/mol. The standard InChI is InChI=1S/C21H19N3O/c1-3-9-15(10-4-1)20-22-18-16-11-5-6-12-17(16)25-19(18)21(23-20)24-13-7-2-8-14-24/h1,3-6,9-12H,2,7-8,13-14H2. The molecule has 4 aromatic rings. The highest BCUT2D eigenvalue weighted by atomic mass is 16.3. The summed E-state index contributed by atoms with van der Waals surface area (Å²) >= 11 is 0. The number of hydrogen-bond acceptors (Lipinski definition) is 4. The summed E-state index contributed by atoms with van der Waals surface area (Å²) in [5.41, 5.74) is 3.62. The van der Waals surface area contributed by atoms with Crippen LogP contribution in [0.15, 0.2) is 59.0 Å². The molecule has 1 aliphatic rings. The van der Waals surface area contributed by atoms with Crippen LogP contribution in [0.5, 0.6) is 0 Å². The summed E-state index contributed by atoms with van der Waals surface area (Å²) < 4.78 is 6.16. The number of rotatable bonds is 2. The molecule has 0 amide bonds. The van der Waals surface area contributed by atoms with Crippen molar-refractivity contribution in [2.45, 2.75) is 19.3 Å². The minimum absolute atomic E-state index is 0.764. The Labute approximate surface area is 146 Å². The highest BCUT2D eigenvalue weighted by Crippen LogP contribution is 2.35. The van der Waals surface area contributed by atoms with Crippen molar-refractivity contribution in [2.75, 3.05) is 18.0 Å². The van der Waals surface area contributed by atoms with Crippen molar-refractivity contribution in [3.63, 3.8) is 0 Å². The average Bonchev–Trinajstić information content (AvgIpc) is 3.07. The van der Waals surface area contributed by atoms with E-state index in [4.69, 9.17) is 14.4 Å². The van der Waals surface area contributed by atoms with E-state index < -0.39 is 0 Å². The van der Waals surface area contributed by atoms with Gasteiger partial charge < -0.3 is 9.32 Å². The molecule has 4 heteroatoms. The summed E-state index contributed by atoms with van der Waals surface area (Å²) in [6, 6.07) is 18.3. The van der Waals surface area contributed by atoms with E-state index in [-0.39, 0.29) is 0 Å². The molecule has 5 rings (SSSR count). The number of nitrogens with zero attached hydrogens (tertiary/aromatic N) is 3. The topological polar surface area (TPSA) is 42.2 Å². The zero-order chi connectivity index (χ0) is 16.6. The van der Waals surface area contributed by atoms with Gasteiger partial charge in [0.25, 0.3) is 0 Å². The third-order valence-electron chi connectivity index (χ3n) is 4.89. The molecule has 0 bridgehead atoms. The van der Waals surface area contributed by atoms with Crippen LogP contribution in [0, 0.1) is 0 Å². The summed E-state index contributed by atoms with van der Waals surface area (Å²) in [7, 11) is 0. The molecule has 1 aliphatic heterocycles. The Kier molecular flexibility index (Phi) is 3.40. The van der Waals surface area contributed by atoms with Crippen LogP contribution < -0.4 is 4.90 Å². The number of aromatic nitrogens is 2. The lowest BCUT2D eigenvalue weighted by Crippen LogP contribution is -2.30. The molecule has 25 heavy (non-hydrogen) atoms. The van der Waals surface area contributed by atoms with Gasteiger partial charge in [-0.25, -0.2) is 9.97 Å². The predicted octanol–water partition coefficient (Wildman–Crippen LogP) is 5.03. The van der Waals surface area contributed by atoms with Gasteiger partial charge in [-0.2, -0.15) is 0 Å². The molecule has 0 N–H and O–H groups in total. The second-order valence-electron chi connectivity index (χ2n) is 6.56. The fourth-order valence-electron chi connectivity index (χ4n) is 3.61. The summed E-state index contributed by atoms with van der Waals surface area (Å²) in [5.74, 6) is 1.69. The first-order valence-corrected chi connectivity index (χ1v) is 8.90. The highest BCUT2D eigenvalue weighted by Gasteiger charge is 2.21. The number of fused-ring (bicyclic) bond motifs is 3. The quantitative estimate of drug-likeness (QED) is 0.517. The van der Waals surface area contributed by atoms with Crippen LogP contribution in [0.2, 0.25) is 0 Å². The molecule has 0 unspecified atom stereocenters. The largest absolute Gasteiger partial charge is 0.450 e. The Morgan fingerprint density at radius 3 is 2.40 bits per heavy atom. The van der Waals surface area contributed by atoms with Crippen molar-refractivity contribution in [2.24, 2.45) is 0 Å². The first-order chi connectivity index (χ1) is 12.4. The molecule has 0 spiro atoms. The molecule has 0 radical (unpaired) electrons. The van der Waals surface area contributed by atoms with Gasteiger partial charge in [0.2, 0.25) is 0 Å². The fraction of sp³-hybridized carbons (Fsp3) is 0.238. The molecule has 1 fully saturated rings. The van der Waals surface area contributed by atoms with Crippen molar-refractivity contribution in [1.29, 1.82) is 0 Å². The maximum absolute atomic E-state index is 6.16. The van der Waals surface area contributed by atoms with Crippen LogP contribution in [0.3, 0.4) is 0 Å². The maximum atomic E-state index is 6.16. The van der Waals surface area contributed by atoms with Gasteiger partial charge in [-0.1, -0.05) is 42.5 Å². The van der Waals surface area contributed by atoms with Crippen LogP contribution in [0.4, 0.5) is 5.82 Å². The zero-order valence-corrected chi connectivity index (χ0v) is 14.0. The van der Waals surface area contributed by atoms with Gasteiger partial charge in [0, 0.05) is 24.0 Å². The number of hydrogen-bond donors (Lipinski definition) is 0. The molecular formula is C21H19N3O. The minimum atomic E-state index is 0.764. The van der Waals surface area contributed by atoms with E-state index in [1.807, 2.05) is 36.4 Å². The minimum Gasteiger partial charge on any atom is -0.450 e. The Hall–Kier alpha value is -2.88. The van der Waals surface area contributed by atoms with Crippen molar-refractivity contribution in [1.82, 2.24) is 9.97 Å². The number of piperidine rings is 1. The number of anilines is 1. The Balaban J connectivity index is 1.80. The van der Waals surface area contributed by atoms with Gasteiger partial charge in [0.05, 0.1) is 0 Å². The molecule has 4 nitrogen and oxygen atoms in total. The number of furan rings is 1. The number of benzene rings is 2. The fourth-order valence-corrected chi connectivity index (χ4v) is 3.61. The van der Waals surface area contributed by atoms with Crippen LogP contribution >= 0.6 is 0 Å². The van der Waals surface area contributed by atoms with E-state index in [0.717, 1.165) is 52.4 Å². The first-order valence-electron chi connectivity index (χ1n) is 8.90. The smallest absolute Gasteiger partial charge is 0.196 e. The van der Waals surface area contributed by atoms with Gasteiger partial charge >= 0.3 is 0 Å². The third-order valence-corrected chi connectivity index (χ3v) is 4.89. The van der Waals surface area contributed by atoms with Crippen LogP contribution in [-0.4, -0.2) is 23.1 Å². The zero-order valence-electron chi connectivity index (χ0n) is 14.0. The lowest BCUT2D eigenvalue weighted by molar-refractivity contribution is 0.569. The van der Waals surface area contributed by atoms with Gasteiger partial charge in [-0.15, -0.1) is 0 Å². The van der Waals surface area contributed by atoms with Gasteiger partial charge in [-0.05, 0) is 31.4 Å². The average molecular weight is 329 g/mol. The third kappa shape index (κ3) is 2.45. The van der Waals surface area contributed by atoms with Crippen LogP contribution in [0.25, 0.3) is 33.5 Å². The molecule has 2 aromatic heterocycles. The van der Waals surface area contributed by atoms with Crippen molar-refractivity contribution < 1.29 is 4.42 Å². The van der Waals surface area contributed by atoms with E-state index in [9.17, 15) is 0 Å². The highest BCUT2D eigenvalue weighted by molar-refractivity contribution is 6.06. The van der Waals surface area contributed by atoms with Crippen LogP contribution in [-0.2, 0) is 0 Å². The predicted molar refractivity (Wildman–Crippen MR) is 101 cm³/mol. The molecule has 0 aliphatic carbocycles. The lowest BCUT2D eigenvalue weighted by Gasteiger charge is -2.27. The normalized spacial score (nSPS) is 15.1. The molecule has 0 saturated carbocycles. The molecule has 2 aromatic carbocycles. The van der Waals surface area contributed by atoms with E-state index in [1.54, 1.807) is 0 Å².